The molecule has 0 spiro atoms. The first kappa shape index (κ1) is 15.1. The topological polar surface area (TPSA) is 30.5 Å². The molecule has 0 aliphatic rings. The van der Waals surface area contributed by atoms with Crippen molar-refractivity contribution in [1.29, 1.82) is 0 Å². The molecule has 0 aromatic heterocycles. The van der Waals surface area contributed by atoms with E-state index in [-0.39, 0.29) is 5.75 Å². The molecule has 112 valence electrons. The molecule has 0 aliphatic heterocycles. The van der Waals surface area contributed by atoms with E-state index in [9.17, 15) is 8.78 Å². The maximum absolute atomic E-state index is 12.5. The number of hydrogen-bond acceptors (Lipinski definition) is 3. The number of ether oxygens (including phenoxy) is 2. The molecule has 5 heteroatoms. The fraction of sp³-hybridized carbons (Fsp3) is 0.250. The van der Waals surface area contributed by atoms with Crippen LogP contribution < -0.4 is 14.8 Å². The Morgan fingerprint density at radius 3 is 2.43 bits per heavy atom. The first-order chi connectivity index (χ1) is 10.1. The predicted molar refractivity (Wildman–Crippen MR) is 78.1 cm³/mol. The zero-order chi connectivity index (χ0) is 15.2. The molecule has 0 saturated heterocycles. The van der Waals surface area contributed by atoms with E-state index in [0.717, 1.165) is 11.3 Å². The van der Waals surface area contributed by atoms with E-state index in [2.05, 4.69) is 10.1 Å². The van der Waals surface area contributed by atoms with E-state index in [1.807, 2.05) is 31.2 Å². The summed E-state index contributed by atoms with van der Waals surface area (Å²) in [5.41, 5.74) is 2.67. The molecule has 2 aromatic carbocycles. The van der Waals surface area contributed by atoms with Crippen molar-refractivity contribution < 1.29 is 18.3 Å². The Morgan fingerprint density at radius 2 is 1.81 bits per heavy atom. The number of hydrogen-bond donors (Lipinski definition) is 1. The Morgan fingerprint density at radius 1 is 1.10 bits per heavy atom. The van der Waals surface area contributed by atoms with E-state index in [1.165, 1.54) is 7.11 Å². The van der Waals surface area contributed by atoms with Gasteiger partial charge in [0.25, 0.3) is 0 Å². The van der Waals surface area contributed by atoms with Crippen LogP contribution in [0.2, 0.25) is 0 Å². The van der Waals surface area contributed by atoms with Crippen molar-refractivity contribution in [3.05, 3.63) is 53.6 Å². The number of halogens is 2. The Kier molecular flexibility index (Phi) is 4.98. The van der Waals surface area contributed by atoms with Crippen molar-refractivity contribution in [3.8, 4) is 11.5 Å². The molecule has 0 amide bonds. The number of aryl methyl sites for hydroxylation is 1. The summed E-state index contributed by atoms with van der Waals surface area (Å²) in [6.45, 7) is -0.526. The number of para-hydroxylation sites is 1. The van der Waals surface area contributed by atoms with Gasteiger partial charge in [0.2, 0.25) is 0 Å². The summed E-state index contributed by atoms with van der Waals surface area (Å²) in [7, 11) is 1.42. The summed E-state index contributed by atoms with van der Waals surface area (Å²) in [6.07, 6.45) is 0. The smallest absolute Gasteiger partial charge is 0.387 e. The summed E-state index contributed by atoms with van der Waals surface area (Å²) in [5, 5.41) is 3.17. The second-order valence-electron chi connectivity index (χ2n) is 4.55. The van der Waals surface area contributed by atoms with Gasteiger partial charge in [-0.05, 0) is 25.1 Å². The number of benzene rings is 2. The third-order valence-electron chi connectivity index (χ3n) is 3.02. The minimum Gasteiger partial charge on any atom is -0.493 e. The van der Waals surface area contributed by atoms with Crippen LogP contribution >= 0.6 is 0 Å². The van der Waals surface area contributed by atoms with E-state index in [1.54, 1.807) is 18.2 Å². The molecule has 0 bridgehead atoms. The van der Waals surface area contributed by atoms with E-state index in [0.29, 0.717) is 17.9 Å². The van der Waals surface area contributed by atoms with Crippen LogP contribution in [0, 0.1) is 6.92 Å². The summed E-state index contributed by atoms with van der Waals surface area (Å²) < 4.78 is 34.7. The molecule has 21 heavy (non-hydrogen) atoms. The summed E-state index contributed by atoms with van der Waals surface area (Å²) in [4.78, 5) is 0. The lowest BCUT2D eigenvalue weighted by Gasteiger charge is -2.15. The maximum Gasteiger partial charge on any atom is 0.387 e. The van der Waals surface area contributed by atoms with Crippen LogP contribution in [-0.2, 0) is 6.54 Å². The molecule has 0 heterocycles. The Labute approximate surface area is 122 Å². The quantitative estimate of drug-likeness (QED) is 0.865. The Hall–Kier alpha value is -2.30. The van der Waals surface area contributed by atoms with Crippen molar-refractivity contribution >= 4 is 5.69 Å². The molecular formula is C16H17F2NO2. The predicted octanol–water partition coefficient (Wildman–Crippen LogP) is 4.22. The van der Waals surface area contributed by atoms with Gasteiger partial charge in [-0.1, -0.05) is 29.8 Å². The standard InChI is InChI=1S/C16H17F2NO2/c1-11-6-8-13(9-7-11)19-10-12-4-3-5-14(20-2)15(12)21-16(17)18/h3-9,16,19H,10H2,1-2H3. The van der Waals surface area contributed by atoms with Crippen molar-refractivity contribution in [2.24, 2.45) is 0 Å². The van der Waals surface area contributed by atoms with E-state index < -0.39 is 6.61 Å². The number of anilines is 1. The fourth-order valence-electron chi connectivity index (χ4n) is 1.95. The molecule has 0 fully saturated rings. The Balaban J connectivity index is 2.16. The van der Waals surface area contributed by atoms with Crippen LogP contribution in [0.3, 0.4) is 0 Å². The lowest BCUT2D eigenvalue weighted by Crippen LogP contribution is -2.08. The summed E-state index contributed by atoms with van der Waals surface area (Å²) >= 11 is 0. The van der Waals surface area contributed by atoms with Gasteiger partial charge in [0.15, 0.2) is 11.5 Å². The molecule has 2 rings (SSSR count). The van der Waals surface area contributed by atoms with Crippen molar-refractivity contribution in [2.45, 2.75) is 20.1 Å². The van der Waals surface area contributed by atoms with Gasteiger partial charge < -0.3 is 14.8 Å². The largest absolute Gasteiger partial charge is 0.493 e. The second kappa shape index (κ2) is 6.92. The first-order valence-electron chi connectivity index (χ1n) is 6.51. The van der Waals surface area contributed by atoms with Gasteiger partial charge in [0.1, 0.15) is 0 Å². The van der Waals surface area contributed by atoms with Gasteiger partial charge in [0, 0.05) is 17.8 Å². The molecule has 1 N–H and O–H groups in total. The monoisotopic (exact) mass is 293 g/mol. The lowest BCUT2D eigenvalue weighted by atomic mass is 10.1. The number of methoxy groups -OCH3 is 1. The fourth-order valence-corrected chi connectivity index (χ4v) is 1.95. The Bertz CT molecular complexity index is 585. The first-order valence-corrected chi connectivity index (χ1v) is 6.51. The number of rotatable bonds is 6. The third-order valence-corrected chi connectivity index (χ3v) is 3.02. The van der Waals surface area contributed by atoms with Crippen LogP contribution in [0.5, 0.6) is 11.5 Å². The van der Waals surface area contributed by atoms with Gasteiger partial charge in [-0.3, -0.25) is 0 Å². The summed E-state index contributed by atoms with van der Waals surface area (Å²) in [6, 6.07) is 12.9. The second-order valence-corrected chi connectivity index (χ2v) is 4.55. The highest BCUT2D eigenvalue weighted by Crippen LogP contribution is 2.32. The SMILES string of the molecule is COc1cccc(CNc2ccc(C)cc2)c1OC(F)F. The van der Waals surface area contributed by atoms with Crippen molar-refractivity contribution in [1.82, 2.24) is 0 Å². The van der Waals surface area contributed by atoms with Crippen LogP contribution in [0.4, 0.5) is 14.5 Å². The van der Waals surface area contributed by atoms with Crippen LogP contribution in [0.1, 0.15) is 11.1 Å². The molecule has 2 aromatic rings. The number of alkyl halides is 2. The average molecular weight is 293 g/mol. The highest BCUT2D eigenvalue weighted by atomic mass is 19.3. The van der Waals surface area contributed by atoms with E-state index >= 15 is 0 Å². The number of nitrogens with one attached hydrogen (secondary N) is 1. The highest BCUT2D eigenvalue weighted by Gasteiger charge is 2.15. The molecule has 3 nitrogen and oxygen atoms in total. The van der Waals surface area contributed by atoms with Gasteiger partial charge in [0.05, 0.1) is 7.11 Å². The van der Waals surface area contributed by atoms with Crippen LogP contribution in [-0.4, -0.2) is 13.7 Å². The molecule has 0 atom stereocenters. The highest BCUT2D eigenvalue weighted by molar-refractivity contribution is 5.50. The average Bonchev–Trinajstić information content (AvgIpc) is 2.47. The summed E-state index contributed by atoms with van der Waals surface area (Å²) in [5.74, 6) is 0.355. The minimum atomic E-state index is -2.89. The van der Waals surface area contributed by atoms with Gasteiger partial charge >= 0.3 is 6.61 Å². The van der Waals surface area contributed by atoms with Gasteiger partial charge in [-0.2, -0.15) is 8.78 Å². The van der Waals surface area contributed by atoms with Crippen LogP contribution in [0.25, 0.3) is 0 Å². The van der Waals surface area contributed by atoms with Crippen molar-refractivity contribution in [3.63, 3.8) is 0 Å². The van der Waals surface area contributed by atoms with Gasteiger partial charge in [-0.25, -0.2) is 0 Å². The van der Waals surface area contributed by atoms with E-state index in [4.69, 9.17) is 4.74 Å². The van der Waals surface area contributed by atoms with Crippen molar-refractivity contribution in [2.75, 3.05) is 12.4 Å². The minimum absolute atomic E-state index is 0.0645. The molecular weight excluding hydrogens is 276 g/mol. The molecule has 0 aliphatic carbocycles. The maximum atomic E-state index is 12.5. The normalized spacial score (nSPS) is 10.5. The lowest BCUT2D eigenvalue weighted by molar-refractivity contribution is -0.0517. The van der Waals surface area contributed by atoms with Crippen LogP contribution in [0.15, 0.2) is 42.5 Å². The molecule has 0 saturated carbocycles. The molecule has 0 radical (unpaired) electrons. The zero-order valence-corrected chi connectivity index (χ0v) is 11.9. The molecule has 0 unspecified atom stereocenters. The zero-order valence-electron chi connectivity index (χ0n) is 11.9. The third kappa shape index (κ3) is 4.08. The van der Waals surface area contributed by atoms with Gasteiger partial charge in [-0.15, -0.1) is 0 Å².